The molecular weight excluding hydrogens is 246 g/mol. The van der Waals surface area contributed by atoms with Crippen LogP contribution in [0.5, 0.6) is 0 Å². The largest absolute Gasteiger partial charge is 0.397 e. The molecule has 0 radical (unpaired) electrons. The second-order valence-electron chi connectivity index (χ2n) is 4.81. The quantitative estimate of drug-likeness (QED) is 0.852. The molecular formula is C14H22ClN3. The predicted molar refractivity (Wildman–Crippen MR) is 79.4 cm³/mol. The molecule has 100 valence electrons. The predicted octanol–water partition coefficient (Wildman–Crippen LogP) is 2.84. The number of hydrogen-bond donors (Lipinski definition) is 1. The fraction of sp³-hybridized carbons (Fsp3) is 0.571. The Morgan fingerprint density at radius 2 is 2.11 bits per heavy atom. The van der Waals surface area contributed by atoms with Crippen LogP contribution < -0.4 is 10.6 Å². The van der Waals surface area contributed by atoms with E-state index in [-0.39, 0.29) is 0 Å². The Morgan fingerprint density at radius 3 is 2.72 bits per heavy atom. The van der Waals surface area contributed by atoms with Gasteiger partial charge in [-0.05, 0) is 37.7 Å². The minimum atomic E-state index is 0.648. The summed E-state index contributed by atoms with van der Waals surface area (Å²) in [5, 5.41) is 0.704. The third-order valence-electron chi connectivity index (χ3n) is 3.82. The number of nitrogen functional groups attached to an aromatic ring is 1. The van der Waals surface area contributed by atoms with Gasteiger partial charge >= 0.3 is 0 Å². The maximum atomic E-state index is 6.05. The molecule has 18 heavy (non-hydrogen) atoms. The van der Waals surface area contributed by atoms with Crippen LogP contribution in [0.2, 0.25) is 5.02 Å². The van der Waals surface area contributed by atoms with Crippen molar-refractivity contribution in [1.29, 1.82) is 0 Å². The number of rotatable bonds is 4. The standard InChI is InChI=1S/C14H22ClN3/c1-3-17(4-2)12-7-8-18(10-12)14-6-5-11(15)9-13(14)16/h5-6,9,12H,3-4,7-8,10,16H2,1-2H3. The zero-order valence-corrected chi connectivity index (χ0v) is 12.0. The molecule has 1 aliphatic heterocycles. The van der Waals surface area contributed by atoms with E-state index in [1.54, 1.807) is 0 Å². The Kier molecular flexibility index (Phi) is 4.36. The van der Waals surface area contributed by atoms with Gasteiger partial charge in [-0.25, -0.2) is 0 Å². The van der Waals surface area contributed by atoms with Gasteiger partial charge in [0.25, 0.3) is 0 Å². The molecule has 0 aromatic heterocycles. The molecule has 1 aromatic rings. The Balaban J connectivity index is 2.08. The molecule has 0 bridgehead atoms. The highest BCUT2D eigenvalue weighted by molar-refractivity contribution is 6.31. The van der Waals surface area contributed by atoms with Crippen molar-refractivity contribution in [3.8, 4) is 0 Å². The highest BCUT2D eigenvalue weighted by Crippen LogP contribution is 2.30. The summed E-state index contributed by atoms with van der Waals surface area (Å²) in [5.41, 5.74) is 7.95. The van der Waals surface area contributed by atoms with Gasteiger partial charge in [0.05, 0.1) is 11.4 Å². The van der Waals surface area contributed by atoms with Crippen molar-refractivity contribution in [3.63, 3.8) is 0 Å². The number of nitrogens with two attached hydrogens (primary N) is 1. The Morgan fingerprint density at radius 1 is 1.39 bits per heavy atom. The normalized spacial score (nSPS) is 19.8. The molecule has 1 fully saturated rings. The lowest BCUT2D eigenvalue weighted by Crippen LogP contribution is -2.37. The maximum absolute atomic E-state index is 6.05. The van der Waals surface area contributed by atoms with Gasteiger partial charge in [-0.1, -0.05) is 25.4 Å². The fourth-order valence-electron chi connectivity index (χ4n) is 2.81. The highest BCUT2D eigenvalue weighted by atomic mass is 35.5. The van der Waals surface area contributed by atoms with Crippen LogP contribution >= 0.6 is 11.6 Å². The first kappa shape index (κ1) is 13.5. The van der Waals surface area contributed by atoms with Crippen LogP contribution in [0.25, 0.3) is 0 Å². The summed E-state index contributed by atoms with van der Waals surface area (Å²) in [6.45, 7) is 8.82. The second kappa shape index (κ2) is 5.81. The molecule has 2 rings (SSSR count). The summed E-state index contributed by atoms with van der Waals surface area (Å²) >= 11 is 5.94. The third-order valence-corrected chi connectivity index (χ3v) is 4.06. The Labute approximate surface area is 115 Å². The van der Waals surface area contributed by atoms with Crippen molar-refractivity contribution >= 4 is 23.0 Å². The van der Waals surface area contributed by atoms with Gasteiger partial charge in [-0.2, -0.15) is 0 Å². The summed E-state index contributed by atoms with van der Waals surface area (Å²) in [6, 6.07) is 6.43. The van der Waals surface area contributed by atoms with Gasteiger partial charge in [0, 0.05) is 24.2 Å². The maximum Gasteiger partial charge on any atom is 0.0601 e. The van der Waals surface area contributed by atoms with E-state index in [2.05, 4.69) is 23.6 Å². The first-order valence-corrected chi connectivity index (χ1v) is 7.07. The van der Waals surface area contributed by atoms with E-state index in [0.717, 1.165) is 37.6 Å². The minimum Gasteiger partial charge on any atom is -0.397 e. The molecule has 0 spiro atoms. The van der Waals surface area contributed by atoms with Crippen LogP contribution in [-0.4, -0.2) is 37.1 Å². The van der Waals surface area contributed by atoms with Gasteiger partial charge in [-0.15, -0.1) is 0 Å². The first-order valence-electron chi connectivity index (χ1n) is 6.69. The van der Waals surface area contributed by atoms with Crippen LogP contribution in [0.4, 0.5) is 11.4 Å². The number of likely N-dealkylation sites (N-methyl/N-ethyl adjacent to an activating group) is 1. The Bertz CT molecular complexity index is 404. The topological polar surface area (TPSA) is 32.5 Å². The average Bonchev–Trinajstić information content (AvgIpc) is 2.80. The van der Waals surface area contributed by atoms with E-state index in [0.29, 0.717) is 11.1 Å². The summed E-state index contributed by atoms with van der Waals surface area (Å²) in [4.78, 5) is 4.89. The second-order valence-corrected chi connectivity index (χ2v) is 5.25. The van der Waals surface area contributed by atoms with Gasteiger partial charge in [0.1, 0.15) is 0 Å². The van der Waals surface area contributed by atoms with Gasteiger partial charge in [-0.3, -0.25) is 4.90 Å². The van der Waals surface area contributed by atoms with Crippen molar-refractivity contribution in [1.82, 2.24) is 4.90 Å². The zero-order chi connectivity index (χ0) is 13.1. The lowest BCUT2D eigenvalue weighted by molar-refractivity contribution is 0.232. The summed E-state index contributed by atoms with van der Waals surface area (Å²) < 4.78 is 0. The van der Waals surface area contributed by atoms with Crippen molar-refractivity contribution in [3.05, 3.63) is 23.2 Å². The summed E-state index contributed by atoms with van der Waals surface area (Å²) in [7, 11) is 0. The van der Waals surface area contributed by atoms with Gasteiger partial charge in [0.2, 0.25) is 0 Å². The lowest BCUT2D eigenvalue weighted by atomic mass is 10.2. The van der Waals surface area contributed by atoms with Crippen LogP contribution in [0.1, 0.15) is 20.3 Å². The summed E-state index contributed by atoms with van der Waals surface area (Å²) in [5.74, 6) is 0. The Hall–Kier alpha value is -0.930. The van der Waals surface area contributed by atoms with Gasteiger partial charge in [0.15, 0.2) is 0 Å². The molecule has 1 aromatic carbocycles. The number of hydrogen-bond acceptors (Lipinski definition) is 3. The fourth-order valence-corrected chi connectivity index (χ4v) is 2.99. The molecule has 1 atom stereocenters. The molecule has 2 N–H and O–H groups in total. The first-order chi connectivity index (χ1) is 8.65. The van der Waals surface area contributed by atoms with E-state index in [1.165, 1.54) is 6.42 Å². The molecule has 3 nitrogen and oxygen atoms in total. The van der Waals surface area contributed by atoms with Crippen LogP contribution in [0.15, 0.2) is 18.2 Å². The highest BCUT2D eigenvalue weighted by Gasteiger charge is 2.27. The molecule has 1 heterocycles. The average molecular weight is 268 g/mol. The van der Waals surface area contributed by atoms with Crippen LogP contribution in [0.3, 0.4) is 0 Å². The van der Waals surface area contributed by atoms with Crippen LogP contribution in [-0.2, 0) is 0 Å². The minimum absolute atomic E-state index is 0.648. The molecule has 4 heteroatoms. The number of benzene rings is 1. The molecule has 1 unspecified atom stereocenters. The van der Waals surface area contributed by atoms with E-state index >= 15 is 0 Å². The van der Waals surface area contributed by atoms with Crippen molar-refractivity contribution < 1.29 is 0 Å². The SMILES string of the molecule is CCN(CC)C1CCN(c2ccc(Cl)cc2N)C1. The monoisotopic (exact) mass is 267 g/mol. The van der Waals surface area contributed by atoms with Crippen LogP contribution in [0, 0.1) is 0 Å². The number of halogens is 1. The lowest BCUT2D eigenvalue weighted by Gasteiger charge is -2.27. The molecule has 0 aliphatic carbocycles. The van der Waals surface area contributed by atoms with Crippen molar-refractivity contribution in [2.24, 2.45) is 0 Å². The van der Waals surface area contributed by atoms with Crippen molar-refractivity contribution in [2.75, 3.05) is 36.8 Å². The number of anilines is 2. The van der Waals surface area contributed by atoms with E-state index in [1.807, 2.05) is 18.2 Å². The zero-order valence-electron chi connectivity index (χ0n) is 11.2. The smallest absolute Gasteiger partial charge is 0.0601 e. The molecule has 0 amide bonds. The molecule has 0 saturated carbocycles. The summed E-state index contributed by atoms with van der Waals surface area (Å²) in [6.07, 6.45) is 1.21. The van der Waals surface area contributed by atoms with E-state index < -0.39 is 0 Å². The van der Waals surface area contributed by atoms with Gasteiger partial charge < -0.3 is 10.6 Å². The molecule has 1 saturated heterocycles. The van der Waals surface area contributed by atoms with Crippen molar-refractivity contribution in [2.45, 2.75) is 26.3 Å². The number of nitrogens with zero attached hydrogens (tertiary/aromatic N) is 2. The molecule has 1 aliphatic rings. The van der Waals surface area contributed by atoms with E-state index in [4.69, 9.17) is 17.3 Å². The third kappa shape index (κ3) is 2.73. The van der Waals surface area contributed by atoms with E-state index in [9.17, 15) is 0 Å².